The van der Waals surface area contributed by atoms with Crippen molar-refractivity contribution in [2.24, 2.45) is 5.41 Å². The first-order valence-corrected chi connectivity index (χ1v) is 12.0. The number of nitrogens with zero attached hydrogens (tertiary/aromatic N) is 2. The number of rotatable bonds is 1. The molecule has 0 amide bonds. The van der Waals surface area contributed by atoms with Crippen LogP contribution in [0.25, 0.3) is 49.0 Å². The van der Waals surface area contributed by atoms with Gasteiger partial charge in [-0.15, -0.1) is 0 Å². The van der Waals surface area contributed by atoms with Gasteiger partial charge in [0.2, 0.25) is 0 Å². The number of hydrogen-bond acceptors (Lipinski definition) is 1. The molecule has 0 radical (unpaired) electrons. The summed E-state index contributed by atoms with van der Waals surface area (Å²) in [6.45, 7) is 11.4. The molecular weight excluding hydrogens is 491 g/mol. The number of benzene rings is 3. The van der Waals surface area contributed by atoms with Gasteiger partial charge in [0.1, 0.15) is 0 Å². The molecule has 0 saturated carbocycles. The fraction of sp³-hybridized carbons (Fsp3) is 0.250. The topological polar surface area (TPSA) is 17.3 Å². The van der Waals surface area contributed by atoms with Crippen molar-refractivity contribution in [1.82, 2.24) is 9.38 Å². The summed E-state index contributed by atoms with van der Waals surface area (Å²) >= 11 is 2.43. The molecule has 3 heteroatoms. The zero-order valence-electron chi connectivity index (χ0n) is 18.6. The molecule has 6 rings (SSSR count). The van der Waals surface area contributed by atoms with Gasteiger partial charge in [0.15, 0.2) is 0 Å². The smallest absolute Gasteiger partial charge is 0.0823 e. The molecule has 0 bridgehead atoms. The largest absolute Gasteiger partial charge is 0.308 e. The van der Waals surface area contributed by atoms with Crippen LogP contribution in [-0.2, 0) is 6.42 Å². The summed E-state index contributed by atoms with van der Waals surface area (Å²) in [5, 5.41) is 6.58. The fourth-order valence-electron chi connectivity index (χ4n) is 5.52. The lowest BCUT2D eigenvalue weighted by Gasteiger charge is -2.19. The molecule has 2 nitrogen and oxygen atoms in total. The molecule has 154 valence electrons. The molecule has 0 saturated heterocycles. The number of aromatic nitrogens is 2. The first kappa shape index (κ1) is 19.3. The Morgan fingerprint density at radius 1 is 0.903 bits per heavy atom. The van der Waals surface area contributed by atoms with E-state index >= 15 is 0 Å². The van der Waals surface area contributed by atoms with E-state index in [-0.39, 0.29) is 5.41 Å². The van der Waals surface area contributed by atoms with Crippen LogP contribution < -0.4 is 0 Å². The van der Waals surface area contributed by atoms with Crippen molar-refractivity contribution in [2.45, 2.75) is 41.0 Å². The minimum Gasteiger partial charge on any atom is -0.308 e. The molecule has 0 aliphatic heterocycles. The van der Waals surface area contributed by atoms with Gasteiger partial charge in [0.25, 0.3) is 0 Å². The van der Waals surface area contributed by atoms with Gasteiger partial charge in [-0.05, 0) is 71.5 Å². The molecule has 0 unspecified atom stereocenters. The minimum atomic E-state index is 0.229. The lowest BCUT2D eigenvalue weighted by Crippen LogP contribution is -2.09. The van der Waals surface area contributed by atoms with Crippen molar-refractivity contribution in [2.75, 3.05) is 0 Å². The first-order valence-electron chi connectivity index (χ1n) is 10.9. The van der Waals surface area contributed by atoms with Crippen LogP contribution in [0, 0.1) is 22.8 Å². The summed E-state index contributed by atoms with van der Waals surface area (Å²) in [5.74, 6) is 0. The Bertz CT molecular complexity index is 1660. The summed E-state index contributed by atoms with van der Waals surface area (Å²) in [5.41, 5.74) is 9.27. The SMILES string of the molecule is Cc1cc(C)c2c(c1)c1ncc(I)c3ccc4c5c(CC(C)(C)C)cccc5n2c4c31. The second kappa shape index (κ2) is 6.32. The standard InChI is InChI=1S/C28H25IN2/c1-15-11-16(2)26-20(12-15)25-24-18(21(29)14-30-25)9-10-19-23-17(13-28(3,4)5)7-6-8-22(23)31(26)27(19)24/h6-12,14H,13H2,1-5H3. The number of hydrogen-bond donors (Lipinski definition) is 0. The van der Waals surface area contributed by atoms with Gasteiger partial charge in [0, 0.05) is 36.7 Å². The van der Waals surface area contributed by atoms with Gasteiger partial charge in [0.05, 0.1) is 22.1 Å². The molecule has 6 aromatic rings. The van der Waals surface area contributed by atoms with E-state index in [2.05, 4.69) is 104 Å². The van der Waals surface area contributed by atoms with Crippen molar-refractivity contribution >= 4 is 71.6 Å². The Labute approximate surface area is 195 Å². The van der Waals surface area contributed by atoms with Crippen LogP contribution in [0.1, 0.15) is 37.5 Å². The number of pyridine rings is 2. The predicted molar refractivity (Wildman–Crippen MR) is 142 cm³/mol. The molecule has 3 aromatic carbocycles. The summed E-state index contributed by atoms with van der Waals surface area (Å²) < 4.78 is 3.73. The Morgan fingerprint density at radius 2 is 1.68 bits per heavy atom. The van der Waals surface area contributed by atoms with Crippen molar-refractivity contribution < 1.29 is 0 Å². The van der Waals surface area contributed by atoms with E-state index in [1.54, 1.807) is 0 Å². The highest BCUT2D eigenvalue weighted by molar-refractivity contribution is 14.1. The summed E-state index contributed by atoms with van der Waals surface area (Å²) in [6, 6.07) is 16.1. The summed E-state index contributed by atoms with van der Waals surface area (Å²) in [4.78, 5) is 4.97. The molecule has 31 heavy (non-hydrogen) atoms. The highest BCUT2D eigenvalue weighted by atomic mass is 127. The third kappa shape index (κ3) is 2.65. The van der Waals surface area contributed by atoms with Crippen LogP contribution in [0.15, 0.2) is 48.7 Å². The van der Waals surface area contributed by atoms with E-state index in [9.17, 15) is 0 Å². The molecule has 0 spiro atoms. The Balaban J connectivity index is 1.99. The van der Waals surface area contributed by atoms with Crippen LogP contribution in [0.4, 0.5) is 0 Å². The molecule has 3 aromatic heterocycles. The van der Waals surface area contributed by atoms with Crippen LogP contribution in [0.5, 0.6) is 0 Å². The number of fused-ring (bicyclic) bond motifs is 6. The van der Waals surface area contributed by atoms with Gasteiger partial charge in [-0.25, -0.2) is 0 Å². The van der Waals surface area contributed by atoms with Crippen LogP contribution in [0.3, 0.4) is 0 Å². The molecule has 0 atom stereocenters. The van der Waals surface area contributed by atoms with Gasteiger partial charge in [-0.2, -0.15) is 0 Å². The maximum Gasteiger partial charge on any atom is 0.0823 e. The van der Waals surface area contributed by atoms with Crippen molar-refractivity contribution in [3.63, 3.8) is 0 Å². The highest BCUT2D eigenvalue weighted by Gasteiger charge is 2.23. The van der Waals surface area contributed by atoms with Crippen molar-refractivity contribution in [3.8, 4) is 0 Å². The molecule has 0 aliphatic rings. The lowest BCUT2D eigenvalue weighted by molar-refractivity contribution is 0.413. The summed E-state index contributed by atoms with van der Waals surface area (Å²) in [7, 11) is 0. The molecule has 0 N–H and O–H groups in total. The highest BCUT2D eigenvalue weighted by Crippen LogP contribution is 2.43. The second-order valence-corrected chi connectivity index (χ2v) is 11.4. The minimum absolute atomic E-state index is 0.229. The average Bonchev–Trinajstić information content (AvgIpc) is 3.03. The maximum atomic E-state index is 4.97. The van der Waals surface area contributed by atoms with Crippen LogP contribution in [-0.4, -0.2) is 9.38 Å². The van der Waals surface area contributed by atoms with E-state index in [4.69, 9.17) is 4.98 Å². The van der Waals surface area contributed by atoms with E-state index in [1.807, 2.05) is 6.20 Å². The van der Waals surface area contributed by atoms with Gasteiger partial charge in [-0.3, -0.25) is 4.98 Å². The Hall–Kier alpha value is -2.40. The van der Waals surface area contributed by atoms with E-state index in [1.165, 1.54) is 63.7 Å². The number of aryl methyl sites for hydroxylation is 2. The third-order valence-electron chi connectivity index (χ3n) is 6.49. The molecule has 3 heterocycles. The van der Waals surface area contributed by atoms with Crippen molar-refractivity contribution in [1.29, 1.82) is 0 Å². The Kier molecular flexibility index (Phi) is 3.93. The van der Waals surface area contributed by atoms with E-state index in [0.29, 0.717) is 0 Å². The predicted octanol–water partition coefficient (Wildman–Crippen LogP) is 8.19. The Morgan fingerprint density at radius 3 is 2.45 bits per heavy atom. The third-order valence-corrected chi connectivity index (χ3v) is 7.35. The van der Waals surface area contributed by atoms with E-state index in [0.717, 1.165) is 11.9 Å². The van der Waals surface area contributed by atoms with Gasteiger partial charge < -0.3 is 4.40 Å². The van der Waals surface area contributed by atoms with Crippen LogP contribution in [0.2, 0.25) is 0 Å². The average molecular weight is 516 g/mol. The van der Waals surface area contributed by atoms with E-state index < -0.39 is 0 Å². The zero-order valence-corrected chi connectivity index (χ0v) is 20.8. The first-order chi connectivity index (χ1) is 14.7. The van der Waals surface area contributed by atoms with Gasteiger partial charge >= 0.3 is 0 Å². The number of halogens is 1. The molecule has 0 aliphatic carbocycles. The molecular formula is C28H25IN2. The quantitative estimate of drug-likeness (QED) is 0.122. The summed E-state index contributed by atoms with van der Waals surface area (Å²) in [6.07, 6.45) is 3.08. The monoisotopic (exact) mass is 516 g/mol. The molecule has 0 fully saturated rings. The zero-order chi connectivity index (χ0) is 21.7. The maximum absolute atomic E-state index is 4.97. The lowest BCUT2D eigenvalue weighted by atomic mass is 9.86. The normalized spacial score (nSPS) is 13.0. The fourth-order valence-corrected chi connectivity index (χ4v) is 6.10. The second-order valence-electron chi connectivity index (χ2n) is 10.2. The van der Waals surface area contributed by atoms with Crippen LogP contribution >= 0.6 is 22.6 Å². The van der Waals surface area contributed by atoms with Crippen molar-refractivity contribution in [3.05, 3.63) is 68.9 Å². The van der Waals surface area contributed by atoms with Gasteiger partial charge in [-0.1, -0.05) is 56.7 Å².